The Balaban J connectivity index is 1.58. The summed E-state index contributed by atoms with van der Waals surface area (Å²) in [5, 5.41) is 0. The minimum atomic E-state index is -0.803. The molecule has 3 aromatic rings. The van der Waals surface area contributed by atoms with Crippen molar-refractivity contribution in [2.24, 2.45) is 5.92 Å². The molecule has 0 amide bonds. The quantitative estimate of drug-likeness (QED) is 0.352. The fourth-order valence-corrected chi connectivity index (χ4v) is 4.16. The number of hydrogen-bond donors (Lipinski definition) is 1. The molecule has 34 heavy (non-hydrogen) atoms. The minimum absolute atomic E-state index is 0.118. The van der Waals surface area contributed by atoms with Gasteiger partial charge in [0.2, 0.25) is 0 Å². The lowest BCUT2D eigenvalue weighted by Crippen LogP contribution is -2.35. The van der Waals surface area contributed by atoms with Gasteiger partial charge in [0.25, 0.3) is 0 Å². The number of nitrogens with two attached hydrogens (primary N) is 1. The Morgan fingerprint density at radius 2 is 1.65 bits per heavy atom. The molecule has 1 saturated heterocycles. The second kappa shape index (κ2) is 10.3. The molecule has 2 N–H and O–H groups in total. The van der Waals surface area contributed by atoms with Crippen LogP contribution in [0.25, 0.3) is 0 Å². The molecule has 1 aromatic heterocycles. The lowest BCUT2D eigenvalue weighted by molar-refractivity contribution is -0.0587. The van der Waals surface area contributed by atoms with Gasteiger partial charge in [-0.25, -0.2) is 14.4 Å². The fraction of sp³-hybridized carbons (Fsp3) is 0.250. The molecular weight excluding hydrogens is 553 g/mol. The second-order valence-corrected chi connectivity index (χ2v) is 8.95. The Morgan fingerprint density at radius 3 is 2.26 bits per heavy atom. The van der Waals surface area contributed by atoms with Gasteiger partial charge in [-0.3, -0.25) is 4.57 Å². The fourth-order valence-electron chi connectivity index (χ4n) is 3.74. The molecule has 0 aliphatic carbocycles. The van der Waals surface area contributed by atoms with E-state index in [1.807, 2.05) is 22.6 Å². The Bertz CT molecular complexity index is 1230. The number of aromatic nitrogens is 2. The number of benzene rings is 2. The van der Waals surface area contributed by atoms with Crippen LogP contribution in [0.3, 0.4) is 0 Å². The lowest BCUT2D eigenvalue weighted by atomic mass is 10.0. The summed E-state index contributed by atoms with van der Waals surface area (Å²) in [5.41, 5.74) is 5.91. The first-order chi connectivity index (χ1) is 16.3. The van der Waals surface area contributed by atoms with Gasteiger partial charge in [-0.15, -0.1) is 0 Å². The maximum absolute atomic E-state index is 12.8. The first-order valence-corrected chi connectivity index (χ1v) is 11.6. The van der Waals surface area contributed by atoms with Gasteiger partial charge in [-0.05, 0) is 46.9 Å². The Labute approximate surface area is 209 Å². The SMILES string of the molecule is CC1C(OC(=O)c2ccccc2)C(COC(=O)c2ccccc2)OC1n1cc(I)c(N)nc1=O. The summed E-state index contributed by atoms with van der Waals surface area (Å²) >= 11 is 1.97. The topological polar surface area (TPSA) is 123 Å². The largest absolute Gasteiger partial charge is 0.459 e. The summed E-state index contributed by atoms with van der Waals surface area (Å²) in [4.78, 5) is 41.6. The zero-order valence-corrected chi connectivity index (χ0v) is 20.3. The molecule has 2 aromatic carbocycles. The maximum atomic E-state index is 12.8. The zero-order chi connectivity index (χ0) is 24.2. The summed E-state index contributed by atoms with van der Waals surface area (Å²) in [5.74, 6) is -1.41. The van der Waals surface area contributed by atoms with Crippen LogP contribution in [0.15, 0.2) is 71.7 Å². The molecular formula is C24H22IN3O6. The predicted octanol–water partition coefficient (Wildman–Crippen LogP) is 3.05. The van der Waals surface area contributed by atoms with Gasteiger partial charge < -0.3 is 19.9 Å². The zero-order valence-electron chi connectivity index (χ0n) is 18.2. The highest BCUT2D eigenvalue weighted by Crippen LogP contribution is 2.36. The van der Waals surface area contributed by atoms with E-state index in [4.69, 9.17) is 19.9 Å². The van der Waals surface area contributed by atoms with Crippen molar-refractivity contribution in [3.63, 3.8) is 0 Å². The van der Waals surface area contributed by atoms with Gasteiger partial charge in [0.15, 0.2) is 0 Å². The van der Waals surface area contributed by atoms with E-state index >= 15 is 0 Å². The molecule has 4 rings (SSSR count). The number of rotatable bonds is 6. The first kappa shape index (κ1) is 23.9. The molecule has 2 heterocycles. The van der Waals surface area contributed by atoms with Crippen molar-refractivity contribution in [3.05, 3.63) is 92.0 Å². The highest BCUT2D eigenvalue weighted by Gasteiger charge is 2.46. The Kier molecular flexibility index (Phi) is 7.27. The van der Waals surface area contributed by atoms with Crippen molar-refractivity contribution < 1.29 is 23.8 Å². The molecule has 4 unspecified atom stereocenters. The van der Waals surface area contributed by atoms with Crippen molar-refractivity contribution in [1.29, 1.82) is 0 Å². The van der Waals surface area contributed by atoms with E-state index in [1.165, 1.54) is 4.57 Å². The normalized spacial score (nSPS) is 21.7. The van der Waals surface area contributed by atoms with E-state index in [0.29, 0.717) is 14.7 Å². The number of nitrogen functional groups attached to an aromatic ring is 1. The number of hydrogen-bond acceptors (Lipinski definition) is 8. The minimum Gasteiger partial charge on any atom is -0.459 e. The maximum Gasteiger partial charge on any atom is 0.351 e. The number of carbonyl (C=O) groups excluding carboxylic acids is 2. The molecule has 1 aliphatic heterocycles. The number of nitrogens with zero attached hydrogens (tertiary/aromatic N) is 2. The molecule has 0 spiro atoms. The van der Waals surface area contributed by atoms with E-state index in [2.05, 4.69) is 4.98 Å². The number of carbonyl (C=O) groups is 2. The third-order valence-electron chi connectivity index (χ3n) is 5.50. The molecule has 4 atom stereocenters. The summed E-state index contributed by atoms with van der Waals surface area (Å²) in [6.07, 6.45) is -0.852. The van der Waals surface area contributed by atoms with Gasteiger partial charge in [0.1, 0.15) is 30.9 Å². The van der Waals surface area contributed by atoms with Gasteiger partial charge in [0, 0.05) is 12.1 Å². The van der Waals surface area contributed by atoms with Crippen LogP contribution in [0, 0.1) is 9.49 Å². The number of ether oxygens (including phenoxy) is 3. The number of esters is 2. The van der Waals surface area contributed by atoms with Crippen molar-refractivity contribution in [3.8, 4) is 0 Å². The standard InChI is InChI=1S/C24H22IN3O6/c1-14-19(34-23(30)16-10-6-3-7-11-16)18(13-32-22(29)15-8-4-2-5-9-15)33-21(14)28-12-17(25)20(26)27-24(28)31/h2-12,14,18-19,21H,13H2,1H3,(H2,26,27,31). The molecule has 0 bridgehead atoms. The lowest BCUT2D eigenvalue weighted by Gasteiger charge is -2.22. The summed E-state index contributed by atoms with van der Waals surface area (Å²) < 4.78 is 19.2. The predicted molar refractivity (Wildman–Crippen MR) is 131 cm³/mol. The molecule has 1 fully saturated rings. The monoisotopic (exact) mass is 575 g/mol. The van der Waals surface area contributed by atoms with Crippen molar-refractivity contribution in [2.75, 3.05) is 12.3 Å². The highest BCUT2D eigenvalue weighted by molar-refractivity contribution is 14.1. The van der Waals surface area contributed by atoms with Crippen LogP contribution >= 0.6 is 22.6 Å². The molecule has 0 radical (unpaired) electrons. The van der Waals surface area contributed by atoms with Crippen LogP contribution in [0.2, 0.25) is 0 Å². The Morgan fingerprint density at radius 1 is 1.06 bits per heavy atom. The summed E-state index contributed by atoms with van der Waals surface area (Å²) in [6, 6.07) is 17.1. The van der Waals surface area contributed by atoms with E-state index in [9.17, 15) is 14.4 Å². The van der Waals surface area contributed by atoms with E-state index < -0.39 is 42.0 Å². The summed E-state index contributed by atoms with van der Waals surface area (Å²) in [7, 11) is 0. The summed E-state index contributed by atoms with van der Waals surface area (Å²) in [6.45, 7) is 1.62. The van der Waals surface area contributed by atoms with Crippen molar-refractivity contribution >= 4 is 40.3 Å². The van der Waals surface area contributed by atoms with E-state index in [0.717, 1.165) is 0 Å². The van der Waals surface area contributed by atoms with Crippen molar-refractivity contribution in [2.45, 2.75) is 25.4 Å². The van der Waals surface area contributed by atoms with Crippen molar-refractivity contribution in [1.82, 2.24) is 9.55 Å². The molecule has 0 saturated carbocycles. The molecule has 9 nitrogen and oxygen atoms in total. The van der Waals surface area contributed by atoms with Gasteiger partial charge >= 0.3 is 17.6 Å². The van der Waals surface area contributed by atoms with Gasteiger partial charge in [0.05, 0.1) is 14.7 Å². The third-order valence-corrected chi connectivity index (χ3v) is 6.33. The third kappa shape index (κ3) is 5.12. The van der Waals surface area contributed by atoms with Crippen LogP contribution in [0.1, 0.15) is 33.9 Å². The van der Waals surface area contributed by atoms with Crippen LogP contribution in [0.4, 0.5) is 5.82 Å². The van der Waals surface area contributed by atoms with Crippen LogP contribution in [-0.2, 0) is 14.2 Å². The Hall–Kier alpha value is -3.25. The van der Waals surface area contributed by atoms with Gasteiger partial charge in [-0.2, -0.15) is 4.98 Å². The average Bonchev–Trinajstić information content (AvgIpc) is 3.15. The second-order valence-electron chi connectivity index (χ2n) is 7.79. The van der Waals surface area contributed by atoms with Crippen LogP contribution in [-0.4, -0.2) is 40.3 Å². The molecule has 1 aliphatic rings. The average molecular weight is 575 g/mol. The highest BCUT2D eigenvalue weighted by atomic mass is 127. The number of halogens is 1. The number of anilines is 1. The van der Waals surface area contributed by atoms with E-state index in [-0.39, 0.29) is 12.4 Å². The molecule has 176 valence electrons. The van der Waals surface area contributed by atoms with E-state index in [1.54, 1.807) is 73.8 Å². The smallest absolute Gasteiger partial charge is 0.351 e. The first-order valence-electron chi connectivity index (χ1n) is 10.5. The molecule has 10 heteroatoms. The van der Waals surface area contributed by atoms with Gasteiger partial charge in [-0.1, -0.05) is 43.3 Å². The van der Waals surface area contributed by atoms with Crippen LogP contribution < -0.4 is 11.4 Å². The van der Waals surface area contributed by atoms with Crippen LogP contribution in [0.5, 0.6) is 0 Å².